The number of nitrogens with one attached hydrogen (secondary N) is 1. The summed E-state index contributed by atoms with van der Waals surface area (Å²) < 4.78 is 36.3. The van der Waals surface area contributed by atoms with Crippen LogP contribution < -0.4 is 14.2 Å². The van der Waals surface area contributed by atoms with Gasteiger partial charge in [0.15, 0.2) is 0 Å². The zero-order valence-electron chi connectivity index (χ0n) is 13.0. The number of hydrogen-bond acceptors (Lipinski definition) is 5. The molecule has 2 aromatic carbocycles. The van der Waals surface area contributed by atoms with Gasteiger partial charge in [0, 0.05) is 18.0 Å². The normalized spacial score (nSPS) is 22.0. The van der Waals surface area contributed by atoms with Crippen LogP contribution in [0.4, 0.5) is 0 Å². The van der Waals surface area contributed by atoms with E-state index in [0.717, 1.165) is 30.8 Å². The molecular weight excluding hydrogens is 385 g/mol. The van der Waals surface area contributed by atoms with E-state index in [1.54, 1.807) is 18.2 Å². The van der Waals surface area contributed by atoms with Crippen LogP contribution in [0.25, 0.3) is 0 Å². The average Bonchev–Trinajstić information content (AvgIpc) is 2.95. The molecular formula is C17H15Cl2NO4S. The van der Waals surface area contributed by atoms with Crippen molar-refractivity contribution in [2.24, 2.45) is 0 Å². The molecule has 2 heterocycles. The summed E-state index contributed by atoms with van der Waals surface area (Å²) in [6, 6.07) is 9.47. The number of piperidine rings is 1. The van der Waals surface area contributed by atoms with Gasteiger partial charge in [0.25, 0.3) is 0 Å². The predicted octanol–water partition coefficient (Wildman–Crippen LogP) is 3.60. The van der Waals surface area contributed by atoms with Gasteiger partial charge < -0.3 is 14.2 Å². The minimum absolute atomic E-state index is 0.0490. The molecule has 2 unspecified atom stereocenters. The first kappa shape index (κ1) is 17.0. The van der Waals surface area contributed by atoms with Crippen molar-refractivity contribution in [1.82, 2.24) is 5.32 Å². The Morgan fingerprint density at radius 1 is 1.20 bits per heavy atom. The van der Waals surface area contributed by atoms with Gasteiger partial charge in [-0.2, -0.15) is 8.42 Å². The molecule has 2 atom stereocenters. The van der Waals surface area contributed by atoms with E-state index in [1.165, 1.54) is 18.2 Å². The van der Waals surface area contributed by atoms with Crippen molar-refractivity contribution < 1.29 is 17.3 Å². The Hall–Kier alpha value is -1.47. The summed E-state index contributed by atoms with van der Waals surface area (Å²) in [6.07, 6.45) is 1.02. The molecule has 2 aliphatic rings. The molecule has 25 heavy (non-hydrogen) atoms. The maximum Gasteiger partial charge on any atom is 0.340 e. The average molecular weight is 400 g/mol. The Bertz CT molecular complexity index is 932. The van der Waals surface area contributed by atoms with Crippen molar-refractivity contribution in [2.75, 3.05) is 13.1 Å². The third-order valence-electron chi connectivity index (χ3n) is 4.48. The first-order valence-electron chi connectivity index (χ1n) is 7.85. The van der Waals surface area contributed by atoms with Crippen molar-refractivity contribution in [1.29, 1.82) is 0 Å². The third-order valence-corrected chi connectivity index (χ3v) is 6.70. The fourth-order valence-corrected chi connectivity index (χ4v) is 4.96. The number of rotatable bonds is 3. The van der Waals surface area contributed by atoms with Crippen LogP contribution in [-0.4, -0.2) is 27.6 Å². The van der Waals surface area contributed by atoms with Crippen LogP contribution in [0.15, 0.2) is 41.3 Å². The number of benzene rings is 2. The molecule has 1 fully saturated rings. The SMILES string of the molecule is O=S(=O)(Oc1ccc2c(c1)C1CCNCC1O2)c1cccc(Cl)c1Cl. The van der Waals surface area contributed by atoms with Crippen LogP contribution in [0, 0.1) is 0 Å². The lowest BCUT2D eigenvalue weighted by molar-refractivity contribution is 0.177. The highest BCUT2D eigenvalue weighted by atomic mass is 35.5. The highest BCUT2D eigenvalue weighted by molar-refractivity contribution is 7.87. The lowest BCUT2D eigenvalue weighted by atomic mass is 9.90. The maximum atomic E-state index is 12.6. The summed E-state index contributed by atoms with van der Waals surface area (Å²) in [5, 5.41) is 3.41. The smallest absolute Gasteiger partial charge is 0.340 e. The van der Waals surface area contributed by atoms with Gasteiger partial charge in [0.1, 0.15) is 22.5 Å². The third kappa shape index (κ3) is 3.08. The summed E-state index contributed by atoms with van der Waals surface area (Å²) in [5.41, 5.74) is 0.983. The quantitative estimate of drug-likeness (QED) is 0.798. The fraction of sp³-hybridized carbons (Fsp3) is 0.294. The van der Waals surface area contributed by atoms with Gasteiger partial charge in [-0.25, -0.2) is 0 Å². The molecule has 0 aromatic heterocycles. The molecule has 0 saturated carbocycles. The van der Waals surface area contributed by atoms with Crippen LogP contribution in [0.1, 0.15) is 17.9 Å². The Morgan fingerprint density at radius 2 is 2.04 bits per heavy atom. The number of hydrogen-bond donors (Lipinski definition) is 1. The van der Waals surface area contributed by atoms with Gasteiger partial charge in [-0.05, 0) is 43.3 Å². The van der Waals surface area contributed by atoms with Gasteiger partial charge in [-0.1, -0.05) is 29.3 Å². The first-order valence-corrected chi connectivity index (χ1v) is 10.0. The Kier molecular flexibility index (Phi) is 4.32. The molecule has 1 saturated heterocycles. The lowest BCUT2D eigenvalue weighted by Gasteiger charge is -2.24. The minimum atomic E-state index is -4.08. The zero-order chi connectivity index (χ0) is 17.6. The Labute approximate surface area is 156 Å². The molecule has 132 valence electrons. The summed E-state index contributed by atoms with van der Waals surface area (Å²) in [5.74, 6) is 1.26. The number of halogens is 2. The maximum absolute atomic E-state index is 12.6. The van der Waals surface area contributed by atoms with E-state index in [2.05, 4.69) is 5.32 Å². The molecule has 5 nitrogen and oxygen atoms in total. The van der Waals surface area contributed by atoms with Crippen molar-refractivity contribution >= 4 is 33.3 Å². The highest BCUT2D eigenvalue weighted by Gasteiger charge is 2.36. The topological polar surface area (TPSA) is 64.6 Å². The van der Waals surface area contributed by atoms with E-state index in [4.69, 9.17) is 32.1 Å². The molecule has 0 bridgehead atoms. The van der Waals surface area contributed by atoms with E-state index in [9.17, 15) is 8.42 Å². The van der Waals surface area contributed by atoms with E-state index in [0.29, 0.717) is 0 Å². The van der Waals surface area contributed by atoms with Crippen LogP contribution in [0.3, 0.4) is 0 Å². The number of fused-ring (bicyclic) bond motifs is 3. The molecule has 0 aliphatic carbocycles. The highest BCUT2D eigenvalue weighted by Crippen LogP contribution is 2.43. The Balaban J connectivity index is 1.65. The van der Waals surface area contributed by atoms with Gasteiger partial charge in [0.05, 0.1) is 10.0 Å². The summed E-state index contributed by atoms with van der Waals surface area (Å²) >= 11 is 11.9. The molecule has 0 spiro atoms. The second kappa shape index (κ2) is 6.36. The molecule has 1 N–H and O–H groups in total. The first-order chi connectivity index (χ1) is 12.0. The van der Waals surface area contributed by atoms with Gasteiger partial charge in [-0.3, -0.25) is 0 Å². The predicted molar refractivity (Wildman–Crippen MR) is 95.4 cm³/mol. The molecule has 0 amide bonds. The lowest BCUT2D eigenvalue weighted by Crippen LogP contribution is -2.39. The molecule has 2 aromatic rings. The molecule has 2 aliphatic heterocycles. The van der Waals surface area contributed by atoms with Crippen LogP contribution in [0.2, 0.25) is 10.0 Å². The molecule has 4 rings (SSSR count). The van der Waals surface area contributed by atoms with Crippen molar-refractivity contribution in [2.45, 2.75) is 23.3 Å². The van der Waals surface area contributed by atoms with Crippen LogP contribution >= 0.6 is 23.2 Å². The fourth-order valence-electron chi connectivity index (χ4n) is 3.30. The van der Waals surface area contributed by atoms with Gasteiger partial charge in [-0.15, -0.1) is 0 Å². The van der Waals surface area contributed by atoms with Gasteiger partial charge in [0.2, 0.25) is 0 Å². The van der Waals surface area contributed by atoms with E-state index in [-0.39, 0.29) is 32.7 Å². The van der Waals surface area contributed by atoms with Crippen molar-refractivity contribution in [3.05, 3.63) is 52.0 Å². The van der Waals surface area contributed by atoms with E-state index in [1.807, 2.05) is 0 Å². The van der Waals surface area contributed by atoms with Crippen molar-refractivity contribution in [3.63, 3.8) is 0 Å². The standard InChI is InChI=1S/C17H15Cl2NO4S/c18-13-2-1-3-16(17(13)19)25(21,22)24-10-4-5-14-12(8-10)11-6-7-20-9-15(11)23-14/h1-5,8,11,15,20H,6-7,9H2. The van der Waals surface area contributed by atoms with E-state index >= 15 is 0 Å². The summed E-state index contributed by atoms with van der Waals surface area (Å²) in [7, 11) is -4.08. The second-order valence-corrected chi connectivity index (χ2v) is 8.34. The molecule has 8 heteroatoms. The van der Waals surface area contributed by atoms with Crippen LogP contribution in [0.5, 0.6) is 11.5 Å². The van der Waals surface area contributed by atoms with Gasteiger partial charge >= 0.3 is 10.1 Å². The summed E-state index contributed by atoms with van der Waals surface area (Å²) in [4.78, 5) is -0.154. The second-order valence-electron chi connectivity index (χ2n) is 6.04. The van der Waals surface area contributed by atoms with E-state index < -0.39 is 10.1 Å². The minimum Gasteiger partial charge on any atom is -0.488 e. The molecule has 0 radical (unpaired) electrons. The number of ether oxygens (including phenoxy) is 1. The summed E-state index contributed by atoms with van der Waals surface area (Å²) in [6.45, 7) is 1.69. The van der Waals surface area contributed by atoms with Crippen molar-refractivity contribution in [3.8, 4) is 11.5 Å². The largest absolute Gasteiger partial charge is 0.488 e. The monoisotopic (exact) mass is 399 g/mol. The Morgan fingerprint density at radius 3 is 2.88 bits per heavy atom. The zero-order valence-corrected chi connectivity index (χ0v) is 15.4. The van der Waals surface area contributed by atoms with Crippen LogP contribution in [-0.2, 0) is 10.1 Å².